The second-order valence-corrected chi connectivity index (χ2v) is 6.70. The smallest absolute Gasteiger partial charge is 0.0701 e. The maximum atomic E-state index is 9.62. The fourth-order valence-electron chi connectivity index (χ4n) is 1.96. The van der Waals surface area contributed by atoms with Crippen LogP contribution in [0.25, 0.3) is 0 Å². The highest BCUT2D eigenvalue weighted by Gasteiger charge is 2.18. The van der Waals surface area contributed by atoms with Crippen molar-refractivity contribution in [2.45, 2.75) is 25.1 Å². The van der Waals surface area contributed by atoms with Gasteiger partial charge in [-0.05, 0) is 5.25 Å². The molecule has 0 unspecified atom stereocenters. The van der Waals surface area contributed by atoms with Gasteiger partial charge in [0.2, 0.25) is 0 Å². The van der Waals surface area contributed by atoms with Crippen LogP contribution >= 0.6 is 11.8 Å². The average Bonchev–Trinajstić information content (AvgIpc) is 2.41. The number of thioether (sulfide) groups is 1. The lowest BCUT2D eigenvalue weighted by Gasteiger charge is -2.30. The highest BCUT2D eigenvalue weighted by molar-refractivity contribution is 7.99. The molecule has 0 aliphatic carbocycles. The van der Waals surface area contributed by atoms with Crippen LogP contribution in [0.2, 0.25) is 0 Å². The van der Waals surface area contributed by atoms with E-state index in [1.165, 1.54) is 0 Å². The molecule has 0 amide bonds. The van der Waals surface area contributed by atoms with Crippen molar-refractivity contribution in [3.8, 4) is 0 Å². The first-order chi connectivity index (χ1) is 9.74. The summed E-state index contributed by atoms with van der Waals surface area (Å²) in [6.07, 6.45) is 0. The fraction of sp³-hybridized carbons (Fsp3) is 1.00. The lowest BCUT2D eigenvalue weighted by molar-refractivity contribution is -0.0141. The molecule has 1 aliphatic rings. The molecule has 1 atom stereocenters. The Labute approximate surface area is 126 Å². The van der Waals surface area contributed by atoms with Crippen LogP contribution in [-0.2, 0) is 14.2 Å². The van der Waals surface area contributed by atoms with Gasteiger partial charge >= 0.3 is 0 Å². The van der Waals surface area contributed by atoms with Gasteiger partial charge in [-0.1, -0.05) is 13.8 Å². The molecule has 1 aliphatic heterocycles. The summed E-state index contributed by atoms with van der Waals surface area (Å²) in [5.41, 5.74) is 0. The maximum absolute atomic E-state index is 9.62. The third kappa shape index (κ3) is 8.44. The summed E-state index contributed by atoms with van der Waals surface area (Å²) >= 11 is 1.88. The van der Waals surface area contributed by atoms with E-state index in [-0.39, 0.29) is 12.6 Å². The molecule has 120 valence electrons. The molecular formula is C14H29NO4S. The number of aliphatic hydroxyl groups excluding tert-OH is 1. The first-order valence-electron chi connectivity index (χ1n) is 7.43. The van der Waals surface area contributed by atoms with E-state index in [1.54, 1.807) is 0 Å². The molecule has 6 heteroatoms. The number of nitrogens with zero attached hydrogens (tertiary/aromatic N) is 1. The summed E-state index contributed by atoms with van der Waals surface area (Å²) in [7, 11) is 0. The van der Waals surface area contributed by atoms with Gasteiger partial charge < -0.3 is 19.3 Å². The minimum atomic E-state index is 0.175. The van der Waals surface area contributed by atoms with Crippen molar-refractivity contribution in [2.75, 3.05) is 65.1 Å². The van der Waals surface area contributed by atoms with E-state index in [2.05, 4.69) is 18.7 Å². The molecule has 0 spiro atoms. The molecule has 0 aromatic rings. The number of hydrogen-bond donors (Lipinski definition) is 1. The van der Waals surface area contributed by atoms with Crippen molar-refractivity contribution in [2.24, 2.45) is 0 Å². The molecule has 0 aromatic heterocycles. The van der Waals surface area contributed by atoms with E-state index in [9.17, 15) is 5.11 Å². The van der Waals surface area contributed by atoms with Gasteiger partial charge in [0.15, 0.2) is 0 Å². The normalized spacial score (nSPS) is 22.2. The highest BCUT2D eigenvalue weighted by atomic mass is 32.2. The topological polar surface area (TPSA) is 51.2 Å². The van der Waals surface area contributed by atoms with E-state index in [0.717, 1.165) is 18.8 Å². The van der Waals surface area contributed by atoms with Gasteiger partial charge in [-0.15, -0.1) is 0 Å². The Kier molecular flexibility index (Phi) is 10.7. The Morgan fingerprint density at radius 3 is 1.90 bits per heavy atom. The van der Waals surface area contributed by atoms with Gasteiger partial charge in [-0.3, -0.25) is 4.90 Å². The second kappa shape index (κ2) is 11.8. The van der Waals surface area contributed by atoms with Crippen LogP contribution in [-0.4, -0.2) is 86.4 Å². The van der Waals surface area contributed by atoms with E-state index >= 15 is 0 Å². The Morgan fingerprint density at radius 2 is 1.45 bits per heavy atom. The molecule has 1 heterocycles. The highest BCUT2D eigenvalue weighted by Crippen LogP contribution is 2.14. The van der Waals surface area contributed by atoms with Gasteiger partial charge in [0.25, 0.3) is 0 Å². The molecule has 1 N–H and O–H groups in total. The van der Waals surface area contributed by atoms with Crippen molar-refractivity contribution < 1.29 is 19.3 Å². The van der Waals surface area contributed by atoms with Crippen LogP contribution in [0.3, 0.4) is 0 Å². The Morgan fingerprint density at radius 1 is 0.950 bits per heavy atom. The standard InChI is InChI=1S/C14H29NO4S/c1-13(2)20-12-14(11-16)15-3-5-17-7-9-19-10-8-18-6-4-15/h13-14,16H,3-12H2,1-2H3/t14-/m1/s1. The summed E-state index contributed by atoms with van der Waals surface area (Å²) in [6, 6.07) is 0.175. The molecule has 0 aromatic carbocycles. The van der Waals surface area contributed by atoms with Crippen LogP contribution in [0.4, 0.5) is 0 Å². The van der Waals surface area contributed by atoms with E-state index in [4.69, 9.17) is 14.2 Å². The second-order valence-electron chi connectivity index (χ2n) is 5.09. The summed E-state index contributed by atoms with van der Waals surface area (Å²) in [5.74, 6) is 0.942. The zero-order valence-corrected chi connectivity index (χ0v) is 13.6. The van der Waals surface area contributed by atoms with Crippen molar-refractivity contribution >= 4 is 11.8 Å². The molecule has 1 fully saturated rings. The van der Waals surface area contributed by atoms with Crippen LogP contribution < -0.4 is 0 Å². The van der Waals surface area contributed by atoms with Crippen LogP contribution in [0.5, 0.6) is 0 Å². The van der Waals surface area contributed by atoms with E-state index < -0.39 is 0 Å². The van der Waals surface area contributed by atoms with Crippen LogP contribution in [0.15, 0.2) is 0 Å². The SMILES string of the molecule is CC(C)SC[C@@H](CO)N1CCOCCOCCOCC1. The van der Waals surface area contributed by atoms with E-state index in [0.29, 0.717) is 44.9 Å². The van der Waals surface area contributed by atoms with Gasteiger partial charge in [-0.25, -0.2) is 0 Å². The first-order valence-corrected chi connectivity index (χ1v) is 8.48. The number of hydrogen-bond acceptors (Lipinski definition) is 6. The maximum Gasteiger partial charge on any atom is 0.0701 e. The van der Waals surface area contributed by atoms with Gasteiger partial charge in [0, 0.05) is 24.9 Å². The molecule has 0 bridgehead atoms. The lowest BCUT2D eigenvalue weighted by atomic mass is 10.3. The summed E-state index contributed by atoms with van der Waals surface area (Å²) in [5, 5.41) is 10.2. The predicted octanol–water partition coefficient (Wildman–Crippen LogP) is 0.854. The van der Waals surface area contributed by atoms with Crippen molar-refractivity contribution in [1.82, 2.24) is 4.90 Å². The van der Waals surface area contributed by atoms with Crippen molar-refractivity contribution in [1.29, 1.82) is 0 Å². The molecule has 0 saturated carbocycles. The monoisotopic (exact) mass is 307 g/mol. The molecule has 0 radical (unpaired) electrons. The minimum Gasteiger partial charge on any atom is -0.395 e. The van der Waals surface area contributed by atoms with Gasteiger partial charge in [0.05, 0.1) is 46.2 Å². The van der Waals surface area contributed by atoms with Crippen LogP contribution in [0.1, 0.15) is 13.8 Å². The molecular weight excluding hydrogens is 278 g/mol. The largest absolute Gasteiger partial charge is 0.395 e. The Hall–Kier alpha value is 0.150. The zero-order chi connectivity index (χ0) is 14.6. The van der Waals surface area contributed by atoms with Gasteiger partial charge in [0.1, 0.15) is 0 Å². The minimum absolute atomic E-state index is 0.175. The number of aliphatic hydroxyl groups is 1. The summed E-state index contributed by atoms with van der Waals surface area (Å²) < 4.78 is 16.5. The number of ether oxygens (including phenoxy) is 3. The molecule has 20 heavy (non-hydrogen) atoms. The van der Waals surface area contributed by atoms with E-state index in [1.807, 2.05) is 11.8 Å². The number of rotatable bonds is 5. The lowest BCUT2D eigenvalue weighted by Crippen LogP contribution is -2.44. The van der Waals surface area contributed by atoms with Crippen molar-refractivity contribution in [3.63, 3.8) is 0 Å². The molecule has 1 rings (SSSR count). The Balaban J connectivity index is 2.42. The molecule has 5 nitrogen and oxygen atoms in total. The summed E-state index contributed by atoms with van der Waals surface area (Å²) in [4.78, 5) is 2.28. The Bertz CT molecular complexity index is 219. The predicted molar refractivity (Wildman–Crippen MR) is 82.5 cm³/mol. The third-order valence-corrected chi connectivity index (χ3v) is 4.38. The zero-order valence-electron chi connectivity index (χ0n) is 12.8. The third-order valence-electron chi connectivity index (χ3n) is 3.14. The fourth-order valence-corrected chi connectivity index (χ4v) is 2.88. The van der Waals surface area contributed by atoms with Crippen LogP contribution in [0, 0.1) is 0 Å². The molecule has 1 saturated heterocycles. The first kappa shape index (κ1) is 18.2. The van der Waals surface area contributed by atoms with Crippen molar-refractivity contribution in [3.05, 3.63) is 0 Å². The summed E-state index contributed by atoms with van der Waals surface area (Å²) in [6.45, 7) is 10.0. The quantitative estimate of drug-likeness (QED) is 0.813. The average molecular weight is 307 g/mol. The van der Waals surface area contributed by atoms with Gasteiger partial charge in [-0.2, -0.15) is 11.8 Å².